The van der Waals surface area contributed by atoms with Crippen LogP contribution < -0.4 is 10.2 Å². The summed E-state index contributed by atoms with van der Waals surface area (Å²) in [6.45, 7) is 6.02. The van der Waals surface area contributed by atoms with Gasteiger partial charge >= 0.3 is 0 Å². The Balaban J connectivity index is 2.04. The third-order valence-electron chi connectivity index (χ3n) is 3.30. The van der Waals surface area contributed by atoms with E-state index in [0.29, 0.717) is 6.04 Å². The summed E-state index contributed by atoms with van der Waals surface area (Å²) in [5.74, 6) is 1.58. The first-order valence-electron chi connectivity index (χ1n) is 6.54. The SMILES string of the molecule is CCN(CC)c1nncc(NC2CCCC2)n1. The smallest absolute Gasteiger partial charge is 0.247 e. The maximum absolute atomic E-state index is 4.52. The van der Waals surface area contributed by atoms with Crippen molar-refractivity contribution in [2.45, 2.75) is 45.6 Å². The monoisotopic (exact) mass is 235 g/mol. The van der Waals surface area contributed by atoms with Gasteiger partial charge in [0.1, 0.15) is 0 Å². The van der Waals surface area contributed by atoms with Crippen LogP contribution in [0.25, 0.3) is 0 Å². The Hall–Kier alpha value is -1.39. The molecule has 94 valence electrons. The molecule has 1 aromatic heterocycles. The second-order valence-electron chi connectivity index (χ2n) is 4.44. The van der Waals surface area contributed by atoms with E-state index in [1.165, 1.54) is 25.7 Å². The summed E-state index contributed by atoms with van der Waals surface area (Å²) in [4.78, 5) is 6.62. The van der Waals surface area contributed by atoms with Crippen LogP contribution in [0.2, 0.25) is 0 Å². The molecule has 0 bridgehead atoms. The number of aromatic nitrogens is 3. The van der Waals surface area contributed by atoms with Crippen molar-refractivity contribution in [3.8, 4) is 0 Å². The fourth-order valence-electron chi connectivity index (χ4n) is 2.28. The molecular weight excluding hydrogens is 214 g/mol. The first-order chi connectivity index (χ1) is 8.33. The number of hydrogen-bond acceptors (Lipinski definition) is 5. The predicted octanol–water partition coefficient (Wildman–Crippen LogP) is 2.07. The molecule has 2 rings (SSSR count). The third-order valence-corrected chi connectivity index (χ3v) is 3.30. The lowest BCUT2D eigenvalue weighted by atomic mass is 10.2. The van der Waals surface area contributed by atoms with Crippen molar-refractivity contribution in [3.63, 3.8) is 0 Å². The van der Waals surface area contributed by atoms with Gasteiger partial charge in [-0.25, -0.2) is 0 Å². The Morgan fingerprint density at radius 2 is 2.00 bits per heavy atom. The molecule has 5 nitrogen and oxygen atoms in total. The highest BCUT2D eigenvalue weighted by atomic mass is 15.3. The van der Waals surface area contributed by atoms with E-state index in [1.54, 1.807) is 6.20 Å². The molecule has 0 radical (unpaired) electrons. The molecule has 1 heterocycles. The molecule has 1 N–H and O–H groups in total. The summed E-state index contributed by atoms with van der Waals surface area (Å²) in [5, 5.41) is 11.6. The summed E-state index contributed by atoms with van der Waals surface area (Å²) < 4.78 is 0. The zero-order valence-electron chi connectivity index (χ0n) is 10.7. The first-order valence-corrected chi connectivity index (χ1v) is 6.54. The summed E-state index contributed by atoms with van der Waals surface area (Å²) in [7, 11) is 0. The fourth-order valence-corrected chi connectivity index (χ4v) is 2.28. The molecule has 1 saturated carbocycles. The van der Waals surface area contributed by atoms with E-state index in [-0.39, 0.29) is 0 Å². The van der Waals surface area contributed by atoms with E-state index >= 15 is 0 Å². The second-order valence-corrected chi connectivity index (χ2v) is 4.44. The summed E-state index contributed by atoms with van der Waals surface area (Å²) >= 11 is 0. The largest absolute Gasteiger partial charge is 0.366 e. The van der Waals surface area contributed by atoms with Crippen molar-refractivity contribution in [2.75, 3.05) is 23.3 Å². The Kier molecular flexibility index (Phi) is 4.12. The topological polar surface area (TPSA) is 53.9 Å². The van der Waals surface area contributed by atoms with Gasteiger partial charge in [-0.3, -0.25) is 0 Å². The number of nitrogens with zero attached hydrogens (tertiary/aromatic N) is 4. The lowest BCUT2D eigenvalue weighted by Crippen LogP contribution is -2.25. The molecule has 1 fully saturated rings. The van der Waals surface area contributed by atoms with Crippen molar-refractivity contribution in [3.05, 3.63) is 6.20 Å². The normalized spacial score (nSPS) is 16.1. The molecule has 0 aliphatic heterocycles. The number of nitrogens with one attached hydrogen (secondary N) is 1. The highest BCUT2D eigenvalue weighted by Gasteiger charge is 2.16. The number of hydrogen-bond donors (Lipinski definition) is 1. The summed E-state index contributed by atoms with van der Waals surface area (Å²) in [6.07, 6.45) is 6.83. The van der Waals surface area contributed by atoms with Crippen molar-refractivity contribution in [2.24, 2.45) is 0 Å². The maximum Gasteiger partial charge on any atom is 0.247 e. The molecule has 17 heavy (non-hydrogen) atoms. The summed E-state index contributed by atoms with van der Waals surface area (Å²) in [5.41, 5.74) is 0. The minimum atomic E-state index is 0.566. The van der Waals surface area contributed by atoms with Crippen molar-refractivity contribution in [1.29, 1.82) is 0 Å². The third kappa shape index (κ3) is 3.05. The highest BCUT2D eigenvalue weighted by Crippen LogP contribution is 2.21. The van der Waals surface area contributed by atoms with E-state index in [2.05, 4.69) is 39.2 Å². The maximum atomic E-state index is 4.52. The molecule has 1 aromatic rings. The fraction of sp³-hybridized carbons (Fsp3) is 0.750. The van der Waals surface area contributed by atoms with Gasteiger partial charge in [0.25, 0.3) is 0 Å². The van der Waals surface area contributed by atoms with Crippen LogP contribution in [-0.4, -0.2) is 34.3 Å². The zero-order chi connectivity index (χ0) is 12.1. The van der Waals surface area contributed by atoms with Crippen LogP contribution in [0.3, 0.4) is 0 Å². The van der Waals surface area contributed by atoms with E-state index in [9.17, 15) is 0 Å². The van der Waals surface area contributed by atoms with Gasteiger partial charge in [-0.05, 0) is 26.7 Å². The van der Waals surface area contributed by atoms with Crippen LogP contribution in [0.5, 0.6) is 0 Å². The van der Waals surface area contributed by atoms with Crippen LogP contribution in [-0.2, 0) is 0 Å². The minimum Gasteiger partial charge on any atom is -0.366 e. The molecule has 0 amide bonds. The lowest BCUT2D eigenvalue weighted by molar-refractivity contribution is 0.740. The Morgan fingerprint density at radius 1 is 1.29 bits per heavy atom. The van der Waals surface area contributed by atoms with Crippen molar-refractivity contribution < 1.29 is 0 Å². The molecule has 0 saturated heterocycles. The average Bonchev–Trinajstić information content (AvgIpc) is 2.84. The van der Waals surface area contributed by atoms with Gasteiger partial charge in [0.15, 0.2) is 5.82 Å². The number of anilines is 2. The quantitative estimate of drug-likeness (QED) is 0.846. The first kappa shape index (κ1) is 12.1. The van der Waals surface area contributed by atoms with Gasteiger partial charge < -0.3 is 10.2 Å². The van der Waals surface area contributed by atoms with Crippen LogP contribution in [0.4, 0.5) is 11.8 Å². The van der Waals surface area contributed by atoms with Crippen molar-refractivity contribution >= 4 is 11.8 Å². The molecule has 1 aliphatic carbocycles. The molecule has 0 aromatic carbocycles. The van der Waals surface area contributed by atoms with Crippen LogP contribution >= 0.6 is 0 Å². The van der Waals surface area contributed by atoms with Gasteiger partial charge in [-0.15, -0.1) is 5.10 Å². The zero-order valence-corrected chi connectivity index (χ0v) is 10.7. The molecule has 1 aliphatic rings. The Bertz CT molecular complexity index is 345. The molecule has 0 atom stereocenters. The van der Waals surface area contributed by atoms with E-state index in [1.807, 2.05) is 0 Å². The molecule has 0 spiro atoms. The molecular formula is C12H21N5. The van der Waals surface area contributed by atoms with Crippen molar-refractivity contribution in [1.82, 2.24) is 15.2 Å². The predicted molar refractivity (Wildman–Crippen MR) is 69.3 cm³/mol. The standard InChI is InChI=1S/C12H21N5/c1-3-17(4-2)12-15-11(9-13-16-12)14-10-7-5-6-8-10/h9-10H,3-8H2,1-2H3,(H,14,15,16). The van der Waals surface area contributed by atoms with E-state index < -0.39 is 0 Å². The lowest BCUT2D eigenvalue weighted by Gasteiger charge is -2.19. The number of rotatable bonds is 5. The van der Waals surface area contributed by atoms with Gasteiger partial charge in [-0.1, -0.05) is 12.8 Å². The van der Waals surface area contributed by atoms with Gasteiger partial charge in [0.2, 0.25) is 5.95 Å². The molecule has 0 unspecified atom stereocenters. The van der Waals surface area contributed by atoms with Gasteiger partial charge in [-0.2, -0.15) is 10.1 Å². The van der Waals surface area contributed by atoms with Crippen LogP contribution in [0.1, 0.15) is 39.5 Å². The van der Waals surface area contributed by atoms with E-state index in [4.69, 9.17) is 0 Å². The van der Waals surface area contributed by atoms with Gasteiger partial charge in [0.05, 0.1) is 6.20 Å². The Morgan fingerprint density at radius 3 is 2.65 bits per heavy atom. The Labute approximate surface area is 103 Å². The molecule has 5 heteroatoms. The van der Waals surface area contributed by atoms with E-state index in [0.717, 1.165) is 24.9 Å². The average molecular weight is 235 g/mol. The van der Waals surface area contributed by atoms with Crippen LogP contribution in [0.15, 0.2) is 6.20 Å². The van der Waals surface area contributed by atoms with Gasteiger partial charge in [0, 0.05) is 19.1 Å². The summed E-state index contributed by atoms with van der Waals surface area (Å²) in [6, 6.07) is 0.566. The highest BCUT2D eigenvalue weighted by molar-refractivity contribution is 5.39. The second kappa shape index (κ2) is 5.80. The minimum absolute atomic E-state index is 0.566. The van der Waals surface area contributed by atoms with Crippen LogP contribution in [0, 0.1) is 0 Å².